The van der Waals surface area contributed by atoms with Gasteiger partial charge in [-0.15, -0.1) is 0 Å². The van der Waals surface area contributed by atoms with Crippen molar-refractivity contribution in [2.24, 2.45) is 0 Å². The van der Waals surface area contributed by atoms with Crippen molar-refractivity contribution < 1.29 is 9.13 Å². The number of benzene rings is 1. The molecule has 0 saturated heterocycles. The molecule has 2 unspecified atom stereocenters. The fourth-order valence-corrected chi connectivity index (χ4v) is 1.75. The van der Waals surface area contributed by atoms with E-state index in [-0.39, 0.29) is 11.7 Å². The fourth-order valence-electron chi connectivity index (χ4n) is 1.75. The molecular weight excluding hydrogens is 217 g/mol. The van der Waals surface area contributed by atoms with Crippen molar-refractivity contribution in [3.05, 3.63) is 35.1 Å². The van der Waals surface area contributed by atoms with Gasteiger partial charge in [-0.1, -0.05) is 19.1 Å². The minimum absolute atomic E-state index is 0.126. The Hall–Kier alpha value is -0.930. The molecule has 0 radical (unpaired) electrons. The maximum absolute atomic E-state index is 13.5. The maximum atomic E-state index is 13.5. The van der Waals surface area contributed by atoms with Gasteiger partial charge in [0.1, 0.15) is 5.82 Å². The van der Waals surface area contributed by atoms with E-state index < -0.39 is 0 Å². The molecule has 3 heteroatoms. The molecule has 2 nitrogen and oxygen atoms in total. The molecule has 0 aliphatic heterocycles. The van der Waals surface area contributed by atoms with Gasteiger partial charge in [-0.3, -0.25) is 0 Å². The Morgan fingerprint density at radius 3 is 2.65 bits per heavy atom. The highest BCUT2D eigenvalue weighted by Gasteiger charge is 2.14. The van der Waals surface area contributed by atoms with Crippen molar-refractivity contribution >= 4 is 0 Å². The SMILES string of the molecule is COCCNC(C)C(C)c1ccc(C)c(F)c1. The number of rotatable bonds is 6. The first-order valence-electron chi connectivity index (χ1n) is 6.04. The molecule has 0 heterocycles. The average Bonchev–Trinajstić information content (AvgIpc) is 2.32. The summed E-state index contributed by atoms with van der Waals surface area (Å²) >= 11 is 0. The first kappa shape index (κ1) is 14.1. The van der Waals surface area contributed by atoms with Gasteiger partial charge in [0.05, 0.1) is 6.61 Å². The monoisotopic (exact) mass is 239 g/mol. The third-order valence-electron chi connectivity index (χ3n) is 3.24. The van der Waals surface area contributed by atoms with E-state index in [2.05, 4.69) is 19.2 Å². The summed E-state index contributed by atoms with van der Waals surface area (Å²) in [5.74, 6) is 0.153. The Bertz CT molecular complexity index is 354. The van der Waals surface area contributed by atoms with Crippen molar-refractivity contribution in [1.29, 1.82) is 0 Å². The van der Waals surface area contributed by atoms with E-state index in [1.807, 2.05) is 12.1 Å². The summed E-state index contributed by atoms with van der Waals surface area (Å²) in [6.07, 6.45) is 0. The Kier molecular flexibility index (Phi) is 5.59. The molecule has 1 aromatic rings. The predicted molar refractivity (Wildman–Crippen MR) is 68.9 cm³/mol. The topological polar surface area (TPSA) is 21.3 Å². The lowest BCUT2D eigenvalue weighted by Crippen LogP contribution is -2.33. The Balaban J connectivity index is 2.61. The van der Waals surface area contributed by atoms with Gasteiger partial charge in [-0.2, -0.15) is 0 Å². The number of aryl methyl sites for hydroxylation is 1. The Morgan fingerprint density at radius 1 is 1.35 bits per heavy atom. The zero-order chi connectivity index (χ0) is 12.8. The molecule has 0 fully saturated rings. The molecule has 0 aromatic heterocycles. The van der Waals surface area contributed by atoms with Crippen LogP contribution in [-0.2, 0) is 4.74 Å². The van der Waals surface area contributed by atoms with Crippen LogP contribution in [-0.4, -0.2) is 26.3 Å². The summed E-state index contributed by atoms with van der Waals surface area (Å²) in [4.78, 5) is 0. The molecule has 2 atom stereocenters. The van der Waals surface area contributed by atoms with Crippen molar-refractivity contribution in [3.8, 4) is 0 Å². The van der Waals surface area contributed by atoms with Crippen molar-refractivity contribution in [2.75, 3.05) is 20.3 Å². The van der Waals surface area contributed by atoms with E-state index in [0.29, 0.717) is 18.2 Å². The second kappa shape index (κ2) is 6.72. The van der Waals surface area contributed by atoms with E-state index >= 15 is 0 Å². The first-order valence-corrected chi connectivity index (χ1v) is 6.04. The number of hydrogen-bond donors (Lipinski definition) is 1. The highest BCUT2D eigenvalue weighted by molar-refractivity contribution is 5.26. The Labute approximate surface area is 103 Å². The molecule has 96 valence electrons. The fraction of sp³-hybridized carbons (Fsp3) is 0.571. The van der Waals surface area contributed by atoms with Crippen molar-refractivity contribution in [1.82, 2.24) is 5.32 Å². The number of nitrogens with one attached hydrogen (secondary N) is 1. The van der Waals surface area contributed by atoms with Gasteiger partial charge in [0, 0.05) is 19.7 Å². The van der Waals surface area contributed by atoms with Gasteiger partial charge in [0.25, 0.3) is 0 Å². The molecule has 17 heavy (non-hydrogen) atoms. The third kappa shape index (κ3) is 4.10. The third-order valence-corrected chi connectivity index (χ3v) is 3.24. The molecule has 0 amide bonds. The van der Waals surface area contributed by atoms with Crippen LogP contribution in [0.1, 0.15) is 30.9 Å². The molecule has 1 N–H and O–H groups in total. The van der Waals surface area contributed by atoms with E-state index in [0.717, 1.165) is 12.1 Å². The van der Waals surface area contributed by atoms with Crippen LogP contribution in [0.25, 0.3) is 0 Å². The largest absolute Gasteiger partial charge is 0.383 e. The normalized spacial score (nSPS) is 14.6. The number of hydrogen-bond acceptors (Lipinski definition) is 2. The highest BCUT2D eigenvalue weighted by Crippen LogP contribution is 2.21. The first-order chi connectivity index (χ1) is 8.06. The van der Waals surface area contributed by atoms with Crippen molar-refractivity contribution in [2.45, 2.75) is 32.7 Å². The molecule has 0 bridgehead atoms. The van der Waals surface area contributed by atoms with Gasteiger partial charge >= 0.3 is 0 Å². The summed E-state index contributed by atoms with van der Waals surface area (Å²) in [7, 11) is 1.69. The van der Waals surface area contributed by atoms with Gasteiger partial charge in [-0.05, 0) is 37.0 Å². The maximum Gasteiger partial charge on any atom is 0.126 e. The van der Waals surface area contributed by atoms with E-state index in [4.69, 9.17) is 4.74 Å². The molecule has 0 spiro atoms. The van der Waals surface area contributed by atoms with Crippen LogP contribution in [0.15, 0.2) is 18.2 Å². The second-order valence-corrected chi connectivity index (χ2v) is 4.53. The molecule has 1 aromatic carbocycles. The molecule has 0 saturated carbocycles. The summed E-state index contributed by atoms with van der Waals surface area (Å²) in [5, 5.41) is 3.37. The standard InChI is InChI=1S/C14H22FNO/c1-10-5-6-13(9-14(10)15)11(2)12(3)16-7-8-17-4/h5-6,9,11-12,16H,7-8H2,1-4H3. The number of ether oxygens (including phenoxy) is 1. The van der Waals surface area contributed by atoms with Crippen LogP contribution in [0, 0.1) is 12.7 Å². The zero-order valence-electron chi connectivity index (χ0n) is 11.1. The highest BCUT2D eigenvalue weighted by atomic mass is 19.1. The number of methoxy groups -OCH3 is 1. The number of halogens is 1. The van der Waals surface area contributed by atoms with E-state index in [1.165, 1.54) is 0 Å². The van der Waals surface area contributed by atoms with Crippen molar-refractivity contribution in [3.63, 3.8) is 0 Å². The van der Waals surface area contributed by atoms with Crippen LogP contribution in [0.4, 0.5) is 4.39 Å². The molecular formula is C14H22FNO. The van der Waals surface area contributed by atoms with Crippen LogP contribution in [0.5, 0.6) is 0 Å². The van der Waals surface area contributed by atoms with Gasteiger partial charge in [0.15, 0.2) is 0 Å². The van der Waals surface area contributed by atoms with Crippen LogP contribution in [0.2, 0.25) is 0 Å². The minimum atomic E-state index is -0.126. The van der Waals surface area contributed by atoms with Crippen LogP contribution >= 0.6 is 0 Å². The van der Waals surface area contributed by atoms with Crippen LogP contribution in [0.3, 0.4) is 0 Å². The lowest BCUT2D eigenvalue weighted by molar-refractivity contribution is 0.195. The summed E-state index contributed by atoms with van der Waals surface area (Å²) < 4.78 is 18.5. The zero-order valence-corrected chi connectivity index (χ0v) is 11.1. The lowest BCUT2D eigenvalue weighted by atomic mass is 9.93. The average molecular weight is 239 g/mol. The quantitative estimate of drug-likeness (QED) is 0.771. The Morgan fingerprint density at radius 2 is 2.06 bits per heavy atom. The summed E-state index contributed by atoms with van der Waals surface area (Å²) in [5.41, 5.74) is 1.73. The van der Waals surface area contributed by atoms with Gasteiger partial charge in [0.2, 0.25) is 0 Å². The minimum Gasteiger partial charge on any atom is -0.383 e. The molecule has 0 aliphatic carbocycles. The van der Waals surface area contributed by atoms with E-state index in [9.17, 15) is 4.39 Å². The summed E-state index contributed by atoms with van der Waals surface area (Å²) in [6, 6.07) is 5.77. The van der Waals surface area contributed by atoms with Gasteiger partial charge in [-0.25, -0.2) is 4.39 Å². The van der Waals surface area contributed by atoms with Gasteiger partial charge < -0.3 is 10.1 Å². The molecule has 1 rings (SSSR count). The summed E-state index contributed by atoms with van der Waals surface area (Å²) in [6.45, 7) is 7.51. The smallest absolute Gasteiger partial charge is 0.126 e. The lowest BCUT2D eigenvalue weighted by Gasteiger charge is -2.22. The predicted octanol–water partition coefficient (Wildman–Crippen LogP) is 2.86. The molecule has 0 aliphatic rings. The van der Waals surface area contributed by atoms with E-state index in [1.54, 1.807) is 20.1 Å². The second-order valence-electron chi connectivity index (χ2n) is 4.53. The van der Waals surface area contributed by atoms with Crippen LogP contribution < -0.4 is 5.32 Å².